The van der Waals surface area contributed by atoms with E-state index in [9.17, 15) is 0 Å². The van der Waals surface area contributed by atoms with Gasteiger partial charge in [-0.25, -0.2) is 0 Å². The molecular weight excluding hydrogens is 561 g/mol. The van der Waals surface area contributed by atoms with Crippen LogP contribution in [0.5, 0.6) is 0 Å². The molecule has 0 amide bonds. The van der Waals surface area contributed by atoms with E-state index in [-0.39, 0.29) is 90.8 Å². The van der Waals surface area contributed by atoms with E-state index < -0.39 is 0 Å². The van der Waals surface area contributed by atoms with Gasteiger partial charge in [0.15, 0.2) is 0 Å². The van der Waals surface area contributed by atoms with Crippen LogP contribution in [-0.4, -0.2) is 51.2 Å². The molecule has 0 aromatic carbocycles. The van der Waals surface area contributed by atoms with E-state index in [1.54, 1.807) is 0 Å². The van der Waals surface area contributed by atoms with Crippen molar-refractivity contribution in [2.24, 2.45) is 0 Å². The van der Waals surface area contributed by atoms with Crippen molar-refractivity contribution in [1.82, 2.24) is 0 Å². The van der Waals surface area contributed by atoms with E-state index in [4.69, 9.17) is 0 Å². The average molecular weight is 565 g/mol. The van der Waals surface area contributed by atoms with Crippen molar-refractivity contribution in [3.8, 4) is 0 Å². The summed E-state index contributed by atoms with van der Waals surface area (Å²) in [4.78, 5) is 0. The van der Waals surface area contributed by atoms with Crippen LogP contribution in [0.2, 0.25) is 0 Å². The SMILES string of the molecule is [PbH2].[SnH2].[V].[W]. The molecule has 4 heavy (non-hydrogen) atoms. The van der Waals surface area contributed by atoms with Crippen LogP contribution in [0.1, 0.15) is 0 Å². The molecule has 0 fully saturated rings. The molecule has 5 radical (unpaired) electrons. The van der Waals surface area contributed by atoms with Crippen LogP contribution in [0.25, 0.3) is 0 Å². The first-order valence-corrected chi connectivity index (χ1v) is 0. The second kappa shape index (κ2) is 16.7. The quantitative estimate of drug-likeness (QED) is 0.304. The van der Waals surface area contributed by atoms with Crippen LogP contribution in [0.15, 0.2) is 0 Å². The molecule has 0 rings (SSSR count). The third kappa shape index (κ3) is 8.89. The van der Waals surface area contributed by atoms with Crippen molar-refractivity contribution in [1.29, 1.82) is 0 Å². The van der Waals surface area contributed by atoms with E-state index in [1.165, 1.54) is 0 Å². The molecule has 0 N–H and O–H groups in total. The molecule has 0 heterocycles. The number of hydrogen-bond acceptors (Lipinski definition) is 0. The van der Waals surface area contributed by atoms with Gasteiger partial charge in [-0.05, 0) is 0 Å². The minimum atomic E-state index is 0. The van der Waals surface area contributed by atoms with Gasteiger partial charge in [-0.15, -0.1) is 0 Å². The summed E-state index contributed by atoms with van der Waals surface area (Å²) in [6, 6.07) is 0. The van der Waals surface area contributed by atoms with Gasteiger partial charge >= 0.3 is 51.2 Å². The Morgan fingerprint density at radius 2 is 1.00 bits per heavy atom. The van der Waals surface area contributed by atoms with Crippen molar-refractivity contribution >= 4 is 51.2 Å². The van der Waals surface area contributed by atoms with Gasteiger partial charge < -0.3 is 0 Å². The molecule has 0 nitrogen and oxygen atoms in total. The van der Waals surface area contributed by atoms with Gasteiger partial charge in [-0.1, -0.05) is 0 Å². The molecule has 0 aromatic heterocycles. The number of hydrogen-bond donors (Lipinski definition) is 0. The average Bonchev–Trinajstić information content (AvgIpc) is 0. The minimum absolute atomic E-state index is 0. The van der Waals surface area contributed by atoms with Crippen LogP contribution in [-0.2, 0) is 39.6 Å². The maximum Gasteiger partial charge on any atom is 0 e. The zero-order valence-corrected chi connectivity index (χ0v) is 16.1. The Bertz CT molecular complexity index is 8.00. The van der Waals surface area contributed by atoms with Gasteiger partial charge in [0.1, 0.15) is 0 Å². The molecule has 0 saturated heterocycles. The Kier molecular flexibility index (Phi) is 117. The third-order valence-corrected chi connectivity index (χ3v) is 0. The van der Waals surface area contributed by atoms with Crippen molar-refractivity contribution in [2.75, 3.05) is 0 Å². The van der Waals surface area contributed by atoms with Gasteiger partial charge in [0.05, 0.1) is 0 Å². The summed E-state index contributed by atoms with van der Waals surface area (Å²) < 4.78 is 0. The van der Waals surface area contributed by atoms with Crippen LogP contribution in [0.4, 0.5) is 0 Å². The molecule has 0 aromatic rings. The summed E-state index contributed by atoms with van der Waals surface area (Å²) in [7, 11) is 0. The maximum atomic E-state index is 0. The topological polar surface area (TPSA) is 0 Å². The first-order chi connectivity index (χ1) is 0. The van der Waals surface area contributed by atoms with E-state index in [2.05, 4.69) is 0 Å². The molecule has 0 aliphatic carbocycles. The molecular formula is H4PbSnVW. The molecule has 0 unspecified atom stereocenters. The fraction of sp³-hybridized carbons (Fsp3) is 0. The zero-order chi connectivity index (χ0) is 0. The van der Waals surface area contributed by atoms with Crippen molar-refractivity contribution in [3.63, 3.8) is 0 Å². The summed E-state index contributed by atoms with van der Waals surface area (Å²) in [5.41, 5.74) is 0. The summed E-state index contributed by atoms with van der Waals surface area (Å²) in [6.07, 6.45) is 0. The predicted octanol–water partition coefficient (Wildman–Crippen LogP) is -1.84. The summed E-state index contributed by atoms with van der Waals surface area (Å²) in [6.45, 7) is 0. The van der Waals surface area contributed by atoms with Crippen LogP contribution >= 0.6 is 0 Å². The normalized spacial score (nSPS) is 0. The van der Waals surface area contributed by atoms with Crippen LogP contribution < -0.4 is 0 Å². The van der Waals surface area contributed by atoms with Crippen LogP contribution in [0, 0.1) is 0 Å². The largest absolute Gasteiger partial charge is 0 e. The smallest absolute Gasteiger partial charge is 0 e. The maximum absolute atomic E-state index is 0. The Hall–Kier alpha value is 2.99. The first-order valence-electron chi connectivity index (χ1n) is 0. The van der Waals surface area contributed by atoms with E-state index in [1.807, 2.05) is 0 Å². The second-order valence-corrected chi connectivity index (χ2v) is 0. The molecule has 0 bridgehead atoms. The fourth-order valence-corrected chi connectivity index (χ4v) is 0. The molecule has 0 aliphatic heterocycles. The molecule has 0 saturated carbocycles. The summed E-state index contributed by atoms with van der Waals surface area (Å²) in [5.74, 6) is 0. The number of rotatable bonds is 0. The molecule has 0 aliphatic rings. The van der Waals surface area contributed by atoms with Gasteiger partial charge in [-0.3, -0.25) is 0 Å². The first kappa shape index (κ1) is 28.0. The molecule has 23 valence electrons. The molecule has 4 heteroatoms. The van der Waals surface area contributed by atoms with Crippen molar-refractivity contribution < 1.29 is 39.6 Å². The van der Waals surface area contributed by atoms with E-state index >= 15 is 0 Å². The van der Waals surface area contributed by atoms with Gasteiger partial charge in [0.2, 0.25) is 0 Å². The molecule has 0 atom stereocenters. The standard InChI is InChI=1S/Pb.Sn.V.W.4H. The summed E-state index contributed by atoms with van der Waals surface area (Å²) in [5, 5.41) is 0. The van der Waals surface area contributed by atoms with Gasteiger partial charge in [0, 0.05) is 39.6 Å². The Labute approximate surface area is 89.1 Å². The fourth-order valence-electron chi connectivity index (χ4n) is 0. The Morgan fingerprint density at radius 3 is 1.00 bits per heavy atom. The minimum Gasteiger partial charge on any atom is 0 e. The van der Waals surface area contributed by atoms with E-state index in [0.717, 1.165) is 0 Å². The molecule has 0 spiro atoms. The van der Waals surface area contributed by atoms with Crippen molar-refractivity contribution in [2.45, 2.75) is 0 Å². The zero-order valence-electron chi connectivity index (χ0n) is 2.27. The predicted molar refractivity (Wildman–Crippen MR) is 17.1 cm³/mol. The summed E-state index contributed by atoms with van der Waals surface area (Å²) >= 11 is 0. The Balaban J connectivity index is 0. The monoisotopic (exact) mass is 567 g/mol. The van der Waals surface area contributed by atoms with E-state index in [0.29, 0.717) is 0 Å². The third-order valence-electron chi connectivity index (χ3n) is 0. The van der Waals surface area contributed by atoms with Crippen molar-refractivity contribution in [3.05, 3.63) is 0 Å². The second-order valence-electron chi connectivity index (χ2n) is 0. The van der Waals surface area contributed by atoms with Gasteiger partial charge in [-0.2, -0.15) is 0 Å². The van der Waals surface area contributed by atoms with Gasteiger partial charge in [0.25, 0.3) is 0 Å². The van der Waals surface area contributed by atoms with Crippen LogP contribution in [0.3, 0.4) is 0 Å². The Morgan fingerprint density at radius 1 is 1.00 bits per heavy atom.